The standard InChI is InChI=1S/C19H21FN4O5S/c1-14(19(25)21-16-6-4-5-15(20)13-16)22-9-11-23(12-10-22)30(28,29)18-8-3-2-7-17(18)24(26)27/h2-8,13-14H,9-12H2,1H3,(H,21,25). The van der Waals surface area contributed by atoms with E-state index in [1.165, 1.54) is 40.7 Å². The summed E-state index contributed by atoms with van der Waals surface area (Å²) in [5.74, 6) is -0.801. The van der Waals surface area contributed by atoms with Crippen LogP contribution in [0.4, 0.5) is 15.8 Å². The van der Waals surface area contributed by atoms with Gasteiger partial charge in [0.25, 0.3) is 5.69 Å². The van der Waals surface area contributed by atoms with Gasteiger partial charge in [0.1, 0.15) is 5.82 Å². The number of rotatable bonds is 6. The first-order valence-electron chi connectivity index (χ1n) is 9.24. The smallest absolute Gasteiger partial charge is 0.289 e. The van der Waals surface area contributed by atoms with Gasteiger partial charge in [0.15, 0.2) is 4.90 Å². The number of nitrogens with zero attached hydrogens (tertiary/aromatic N) is 3. The number of hydrogen-bond donors (Lipinski definition) is 1. The van der Waals surface area contributed by atoms with Crippen LogP contribution in [0.5, 0.6) is 0 Å². The summed E-state index contributed by atoms with van der Waals surface area (Å²) in [6.45, 7) is 2.41. The molecule has 0 radical (unpaired) electrons. The second kappa shape index (κ2) is 8.86. The average molecular weight is 436 g/mol. The predicted octanol–water partition coefficient (Wildman–Crippen LogP) is 2.07. The molecule has 3 rings (SSSR count). The highest BCUT2D eigenvalue weighted by Crippen LogP contribution is 2.27. The van der Waals surface area contributed by atoms with Crippen LogP contribution in [-0.4, -0.2) is 60.7 Å². The van der Waals surface area contributed by atoms with Crippen LogP contribution in [0.2, 0.25) is 0 Å². The number of carbonyl (C=O) groups excluding carboxylic acids is 1. The van der Waals surface area contributed by atoms with Crippen molar-refractivity contribution in [1.82, 2.24) is 9.21 Å². The molecule has 0 spiro atoms. The van der Waals surface area contributed by atoms with Crippen molar-refractivity contribution in [2.45, 2.75) is 17.9 Å². The predicted molar refractivity (Wildman–Crippen MR) is 108 cm³/mol. The van der Waals surface area contributed by atoms with Crippen molar-refractivity contribution >= 4 is 27.3 Å². The summed E-state index contributed by atoms with van der Waals surface area (Å²) in [4.78, 5) is 24.4. The van der Waals surface area contributed by atoms with Gasteiger partial charge < -0.3 is 5.32 Å². The van der Waals surface area contributed by atoms with Gasteiger partial charge in [-0.25, -0.2) is 12.8 Å². The van der Waals surface area contributed by atoms with E-state index in [1.807, 2.05) is 0 Å². The molecule has 1 aliphatic rings. The van der Waals surface area contributed by atoms with Crippen molar-refractivity contribution in [3.63, 3.8) is 0 Å². The summed E-state index contributed by atoms with van der Waals surface area (Å²) in [5.41, 5.74) is -0.132. The SMILES string of the molecule is CC(C(=O)Nc1cccc(F)c1)N1CCN(S(=O)(=O)c2ccccc2[N+](=O)[O-])CC1. The Labute approximate surface area is 173 Å². The van der Waals surface area contributed by atoms with Crippen LogP contribution in [0.1, 0.15) is 6.92 Å². The summed E-state index contributed by atoms with van der Waals surface area (Å²) in [7, 11) is -4.04. The van der Waals surface area contributed by atoms with E-state index in [0.29, 0.717) is 5.69 Å². The lowest BCUT2D eigenvalue weighted by Gasteiger charge is -2.36. The topological polar surface area (TPSA) is 113 Å². The van der Waals surface area contributed by atoms with Crippen molar-refractivity contribution in [3.05, 3.63) is 64.5 Å². The maximum absolute atomic E-state index is 13.3. The van der Waals surface area contributed by atoms with Crippen LogP contribution < -0.4 is 5.32 Å². The minimum Gasteiger partial charge on any atom is -0.325 e. The van der Waals surface area contributed by atoms with Crippen LogP contribution in [-0.2, 0) is 14.8 Å². The Morgan fingerprint density at radius 3 is 2.43 bits per heavy atom. The molecule has 2 aromatic rings. The van der Waals surface area contributed by atoms with Crippen molar-refractivity contribution in [2.75, 3.05) is 31.5 Å². The Morgan fingerprint density at radius 1 is 1.13 bits per heavy atom. The number of piperazine rings is 1. The largest absolute Gasteiger partial charge is 0.325 e. The molecule has 1 atom stereocenters. The van der Waals surface area contributed by atoms with Gasteiger partial charge in [-0.3, -0.25) is 19.8 Å². The van der Waals surface area contributed by atoms with E-state index in [9.17, 15) is 27.7 Å². The van der Waals surface area contributed by atoms with Crippen LogP contribution in [0.15, 0.2) is 53.4 Å². The Morgan fingerprint density at radius 2 is 1.80 bits per heavy atom. The van der Waals surface area contributed by atoms with Gasteiger partial charge in [0.2, 0.25) is 15.9 Å². The van der Waals surface area contributed by atoms with Gasteiger partial charge in [-0.15, -0.1) is 0 Å². The maximum atomic E-state index is 13.3. The van der Waals surface area contributed by atoms with E-state index in [2.05, 4.69) is 5.32 Å². The molecule has 9 nitrogen and oxygen atoms in total. The van der Waals surface area contributed by atoms with Gasteiger partial charge >= 0.3 is 0 Å². The Bertz CT molecular complexity index is 1050. The molecule has 160 valence electrons. The number of carbonyl (C=O) groups is 1. The molecular formula is C19H21FN4O5S. The molecule has 1 unspecified atom stereocenters. The molecule has 2 aromatic carbocycles. The number of nitro benzene ring substituents is 1. The number of sulfonamides is 1. The fraction of sp³-hybridized carbons (Fsp3) is 0.316. The Balaban J connectivity index is 1.65. The quantitative estimate of drug-likeness (QED) is 0.548. The lowest BCUT2D eigenvalue weighted by Crippen LogP contribution is -2.53. The summed E-state index contributed by atoms with van der Waals surface area (Å²) < 4.78 is 40.2. The monoisotopic (exact) mass is 436 g/mol. The van der Waals surface area contributed by atoms with Gasteiger partial charge in [0, 0.05) is 37.9 Å². The molecule has 0 aromatic heterocycles. The molecule has 1 aliphatic heterocycles. The third-order valence-electron chi connectivity index (χ3n) is 4.97. The highest BCUT2D eigenvalue weighted by atomic mass is 32.2. The van der Waals surface area contributed by atoms with Crippen molar-refractivity contribution < 1.29 is 22.5 Å². The lowest BCUT2D eigenvalue weighted by molar-refractivity contribution is -0.387. The van der Waals surface area contributed by atoms with Gasteiger partial charge in [-0.1, -0.05) is 18.2 Å². The molecular weight excluding hydrogens is 415 g/mol. The van der Waals surface area contributed by atoms with Crippen LogP contribution in [0.3, 0.4) is 0 Å². The molecule has 1 heterocycles. The minimum atomic E-state index is -4.04. The molecule has 0 aliphatic carbocycles. The molecule has 1 fully saturated rings. The summed E-state index contributed by atoms with van der Waals surface area (Å²) in [6.07, 6.45) is 0. The van der Waals surface area contributed by atoms with E-state index in [0.717, 1.165) is 6.07 Å². The molecule has 0 bridgehead atoms. The fourth-order valence-corrected chi connectivity index (χ4v) is 4.85. The number of nitrogens with one attached hydrogen (secondary N) is 1. The lowest BCUT2D eigenvalue weighted by atomic mass is 10.2. The van der Waals surface area contributed by atoms with Crippen molar-refractivity contribution in [2.24, 2.45) is 0 Å². The summed E-state index contributed by atoms with van der Waals surface area (Å²) in [6, 6.07) is 10.2. The second-order valence-corrected chi connectivity index (χ2v) is 8.75. The van der Waals surface area contributed by atoms with E-state index >= 15 is 0 Å². The van der Waals surface area contributed by atoms with Crippen molar-refractivity contribution in [1.29, 1.82) is 0 Å². The minimum absolute atomic E-state index is 0.0893. The highest BCUT2D eigenvalue weighted by molar-refractivity contribution is 7.89. The number of hydrogen-bond acceptors (Lipinski definition) is 6. The zero-order chi connectivity index (χ0) is 21.9. The van der Waals surface area contributed by atoms with Crippen LogP contribution >= 0.6 is 0 Å². The Hall–Kier alpha value is -2.89. The van der Waals surface area contributed by atoms with Crippen LogP contribution in [0.25, 0.3) is 0 Å². The number of nitro groups is 1. The molecule has 30 heavy (non-hydrogen) atoms. The molecule has 1 saturated heterocycles. The third kappa shape index (κ3) is 4.64. The number of anilines is 1. The maximum Gasteiger partial charge on any atom is 0.289 e. The first kappa shape index (κ1) is 21.8. The summed E-state index contributed by atoms with van der Waals surface area (Å²) >= 11 is 0. The van der Waals surface area contributed by atoms with Crippen molar-refractivity contribution in [3.8, 4) is 0 Å². The van der Waals surface area contributed by atoms with E-state index in [4.69, 9.17) is 0 Å². The van der Waals surface area contributed by atoms with E-state index in [1.54, 1.807) is 17.9 Å². The normalized spacial score (nSPS) is 16.7. The second-order valence-electron chi connectivity index (χ2n) is 6.84. The number of para-hydroxylation sites is 1. The molecule has 0 saturated carbocycles. The van der Waals surface area contributed by atoms with E-state index in [-0.39, 0.29) is 37.0 Å². The van der Waals surface area contributed by atoms with Gasteiger partial charge in [-0.05, 0) is 31.2 Å². The van der Waals surface area contributed by atoms with Gasteiger partial charge in [-0.2, -0.15) is 4.31 Å². The number of benzene rings is 2. The highest BCUT2D eigenvalue weighted by Gasteiger charge is 2.35. The van der Waals surface area contributed by atoms with E-state index < -0.39 is 32.5 Å². The molecule has 11 heteroatoms. The number of amides is 1. The Kier molecular flexibility index (Phi) is 6.44. The van der Waals surface area contributed by atoms with Gasteiger partial charge in [0.05, 0.1) is 11.0 Å². The molecule has 1 N–H and O–H groups in total. The zero-order valence-corrected chi connectivity index (χ0v) is 17.0. The zero-order valence-electron chi connectivity index (χ0n) is 16.2. The van der Waals surface area contributed by atoms with Crippen LogP contribution in [0, 0.1) is 15.9 Å². The first-order chi connectivity index (χ1) is 14.2. The fourth-order valence-electron chi connectivity index (χ4n) is 3.28. The summed E-state index contributed by atoms with van der Waals surface area (Å²) in [5, 5.41) is 13.8. The number of halogens is 1. The average Bonchev–Trinajstić information content (AvgIpc) is 2.73. The third-order valence-corrected chi connectivity index (χ3v) is 6.92. The first-order valence-corrected chi connectivity index (χ1v) is 10.7. The molecule has 1 amide bonds.